The number of para-hydroxylation sites is 1. The number of aromatic nitrogens is 1. The summed E-state index contributed by atoms with van der Waals surface area (Å²) in [5.74, 6) is 0. The average molecular weight is 713 g/mol. The molecule has 0 spiro atoms. The van der Waals surface area contributed by atoms with E-state index in [1.54, 1.807) is 0 Å². The van der Waals surface area contributed by atoms with Gasteiger partial charge in [-0.15, -0.1) is 0 Å². The Kier molecular flexibility index (Phi) is 7.53. The maximum atomic E-state index is 2.41. The monoisotopic (exact) mass is 712 g/mol. The number of rotatable bonds is 6. The van der Waals surface area contributed by atoms with Crippen molar-refractivity contribution in [1.29, 1.82) is 0 Å². The molecule has 0 saturated heterocycles. The van der Waals surface area contributed by atoms with E-state index >= 15 is 0 Å². The fraction of sp³-hybridized carbons (Fsp3) is 0. The highest BCUT2D eigenvalue weighted by Crippen LogP contribution is 2.43. The molecule has 0 atom stereocenters. The van der Waals surface area contributed by atoms with Crippen LogP contribution in [-0.2, 0) is 0 Å². The summed E-state index contributed by atoms with van der Waals surface area (Å²) in [5, 5.41) is 9.94. The number of hydrogen-bond donors (Lipinski definition) is 0. The lowest BCUT2D eigenvalue weighted by Gasteiger charge is -2.28. The van der Waals surface area contributed by atoms with Crippen molar-refractivity contribution in [1.82, 2.24) is 4.57 Å². The first-order valence-corrected chi connectivity index (χ1v) is 19.3. The summed E-state index contributed by atoms with van der Waals surface area (Å²) in [6.07, 6.45) is 0. The Morgan fingerprint density at radius 2 is 0.857 bits per heavy atom. The molecule has 2 heteroatoms. The Morgan fingerprint density at radius 3 is 1.64 bits per heavy atom. The summed E-state index contributed by atoms with van der Waals surface area (Å²) in [6, 6.07) is 79.5. The smallest absolute Gasteiger partial charge is 0.0546 e. The van der Waals surface area contributed by atoms with E-state index in [1.165, 1.54) is 82.1 Å². The van der Waals surface area contributed by atoms with E-state index in [0.717, 1.165) is 17.1 Å². The Labute approximate surface area is 325 Å². The van der Waals surface area contributed by atoms with Crippen LogP contribution in [0.25, 0.3) is 82.1 Å². The van der Waals surface area contributed by atoms with Crippen LogP contribution in [-0.4, -0.2) is 4.57 Å². The van der Waals surface area contributed by atoms with Gasteiger partial charge >= 0.3 is 0 Å². The van der Waals surface area contributed by atoms with Crippen LogP contribution in [0, 0.1) is 0 Å². The zero-order valence-corrected chi connectivity index (χ0v) is 30.7. The van der Waals surface area contributed by atoms with E-state index in [0.29, 0.717) is 0 Å². The van der Waals surface area contributed by atoms with Gasteiger partial charge < -0.3 is 9.47 Å². The predicted molar refractivity (Wildman–Crippen MR) is 239 cm³/mol. The molecule has 11 rings (SSSR count). The van der Waals surface area contributed by atoms with Crippen LogP contribution in [0.5, 0.6) is 0 Å². The SMILES string of the molecule is c1ccc(-c2ccc(N(c3ccc(-c4ccc5c(c4)c4ccccc4n5-c4ccc5ccccc5c4)cc3)c3cccc4ccc5ccccc5c34)cc2)cc1. The third-order valence-corrected chi connectivity index (χ3v) is 11.3. The summed E-state index contributed by atoms with van der Waals surface area (Å²) in [7, 11) is 0. The normalized spacial score (nSPS) is 11.6. The average Bonchev–Trinajstić information content (AvgIpc) is 3.61. The molecule has 10 aromatic carbocycles. The van der Waals surface area contributed by atoms with Gasteiger partial charge in [-0.3, -0.25) is 0 Å². The largest absolute Gasteiger partial charge is 0.310 e. The second-order valence-electron chi connectivity index (χ2n) is 14.6. The van der Waals surface area contributed by atoms with Crippen LogP contribution in [0.2, 0.25) is 0 Å². The lowest BCUT2D eigenvalue weighted by molar-refractivity contribution is 1.19. The van der Waals surface area contributed by atoms with Gasteiger partial charge in [0.05, 0.1) is 16.7 Å². The molecule has 0 N–H and O–H groups in total. The molecule has 0 aliphatic carbocycles. The van der Waals surface area contributed by atoms with Crippen LogP contribution in [0.4, 0.5) is 17.1 Å². The molecule has 1 aromatic heterocycles. The molecular weight excluding hydrogens is 677 g/mol. The lowest BCUT2D eigenvalue weighted by atomic mass is 9.98. The molecule has 0 fully saturated rings. The summed E-state index contributed by atoms with van der Waals surface area (Å²) < 4.78 is 2.40. The fourth-order valence-electron chi connectivity index (χ4n) is 8.64. The minimum absolute atomic E-state index is 1.11. The molecule has 2 nitrogen and oxygen atoms in total. The number of fused-ring (bicyclic) bond motifs is 7. The molecule has 1 heterocycles. The van der Waals surface area contributed by atoms with Crippen LogP contribution in [0.15, 0.2) is 218 Å². The standard InChI is InChI=1S/C54H36N2/c1-2-11-37(12-3-1)39-23-29-45(30-24-39)55(53-20-10-16-42-22-21-41-14-6-7-17-48(41)54(42)53)46-31-25-40(26-32-46)44-28-34-52-50(36-44)49-18-8-9-19-51(49)56(52)47-33-27-38-13-4-5-15-43(38)35-47/h1-36H. The summed E-state index contributed by atoms with van der Waals surface area (Å²) in [4.78, 5) is 2.41. The molecule has 0 aliphatic heterocycles. The Hall–Kier alpha value is -7.42. The third kappa shape index (κ3) is 5.34. The minimum Gasteiger partial charge on any atom is -0.310 e. The molecule has 0 aliphatic rings. The van der Waals surface area contributed by atoms with Gasteiger partial charge in [-0.05, 0) is 110 Å². The van der Waals surface area contributed by atoms with Crippen LogP contribution in [0.3, 0.4) is 0 Å². The van der Waals surface area contributed by atoms with Gasteiger partial charge in [-0.2, -0.15) is 0 Å². The van der Waals surface area contributed by atoms with E-state index in [9.17, 15) is 0 Å². The second-order valence-corrected chi connectivity index (χ2v) is 14.6. The third-order valence-electron chi connectivity index (χ3n) is 11.3. The first kappa shape index (κ1) is 32.0. The van der Waals surface area contributed by atoms with Gasteiger partial charge in [0.1, 0.15) is 0 Å². The van der Waals surface area contributed by atoms with Gasteiger partial charge in [-0.25, -0.2) is 0 Å². The summed E-state index contributed by atoms with van der Waals surface area (Å²) >= 11 is 0. The van der Waals surface area contributed by atoms with Crippen molar-refractivity contribution in [2.75, 3.05) is 4.90 Å². The quantitative estimate of drug-likeness (QED) is 0.156. The van der Waals surface area contributed by atoms with Gasteiger partial charge in [0.2, 0.25) is 0 Å². The van der Waals surface area contributed by atoms with Gasteiger partial charge in [0.25, 0.3) is 0 Å². The van der Waals surface area contributed by atoms with E-state index in [2.05, 4.69) is 228 Å². The Bertz CT molecular complexity index is 3230. The first-order valence-electron chi connectivity index (χ1n) is 19.3. The van der Waals surface area contributed by atoms with Crippen molar-refractivity contribution in [3.05, 3.63) is 218 Å². The van der Waals surface area contributed by atoms with Crippen LogP contribution >= 0.6 is 0 Å². The zero-order chi connectivity index (χ0) is 37.0. The second kappa shape index (κ2) is 13.2. The topological polar surface area (TPSA) is 8.17 Å². The van der Waals surface area contributed by atoms with E-state index < -0.39 is 0 Å². The molecule has 0 bridgehead atoms. The van der Waals surface area contributed by atoms with E-state index in [-0.39, 0.29) is 0 Å². The zero-order valence-electron chi connectivity index (χ0n) is 30.7. The van der Waals surface area contributed by atoms with Gasteiger partial charge in [-0.1, -0.05) is 158 Å². The Morgan fingerprint density at radius 1 is 0.304 bits per heavy atom. The van der Waals surface area contributed by atoms with Crippen molar-refractivity contribution in [3.63, 3.8) is 0 Å². The molecular formula is C54H36N2. The van der Waals surface area contributed by atoms with Crippen molar-refractivity contribution < 1.29 is 0 Å². The Balaban J connectivity index is 1.04. The highest BCUT2D eigenvalue weighted by atomic mass is 15.1. The lowest BCUT2D eigenvalue weighted by Crippen LogP contribution is -2.10. The highest BCUT2D eigenvalue weighted by Gasteiger charge is 2.18. The van der Waals surface area contributed by atoms with Crippen LogP contribution < -0.4 is 4.90 Å². The molecule has 11 aromatic rings. The van der Waals surface area contributed by atoms with E-state index in [4.69, 9.17) is 0 Å². The number of nitrogens with zero attached hydrogens (tertiary/aromatic N) is 2. The van der Waals surface area contributed by atoms with Gasteiger partial charge in [0.15, 0.2) is 0 Å². The van der Waals surface area contributed by atoms with Crippen molar-refractivity contribution in [2.24, 2.45) is 0 Å². The van der Waals surface area contributed by atoms with Crippen LogP contribution in [0.1, 0.15) is 0 Å². The molecule has 0 unspecified atom stereocenters. The minimum atomic E-state index is 1.11. The molecule has 0 saturated carbocycles. The van der Waals surface area contributed by atoms with Gasteiger partial charge in [0, 0.05) is 33.2 Å². The first-order chi connectivity index (χ1) is 27.8. The highest BCUT2D eigenvalue weighted by molar-refractivity contribution is 6.15. The number of benzene rings is 10. The molecule has 0 radical (unpaired) electrons. The van der Waals surface area contributed by atoms with Crippen molar-refractivity contribution >= 4 is 71.2 Å². The molecule has 262 valence electrons. The molecule has 56 heavy (non-hydrogen) atoms. The number of hydrogen-bond acceptors (Lipinski definition) is 1. The maximum absolute atomic E-state index is 2.41. The van der Waals surface area contributed by atoms with Crippen molar-refractivity contribution in [2.45, 2.75) is 0 Å². The van der Waals surface area contributed by atoms with Crippen molar-refractivity contribution in [3.8, 4) is 27.9 Å². The summed E-state index contributed by atoms with van der Waals surface area (Å²) in [5.41, 5.74) is 11.7. The molecule has 0 amide bonds. The number of anilines is 3. The predicted octanol–water partition coefficient (Wildman–Crippen LogP) is 15.0. The summed E-state index contributed by atoms with van der Waals surface area (Å²) in [6.45, 7) is 0. The fourth-order valence-corrected chi connectivity index (χ4v) is 8.64. The van der Waals surface area contributed by atoms with E-state index in [1.807, 2.05) is 0 Å². The maximum Gasteiger partial charge on any atom is 0.0546 e.